The van der Waals surface area contributed by atoms with E-state index in [1.54, 1.807) is 11.8 Å². The number of aromatic nitrogens is 2. The summed E-state index contributed by atoms with van der Waals surface area (Å²) in [5, 5.41) is 4.21. The molecule has 1 rings (SSSR count). The van der Waals surface area contributed by atoms with Crippen molar-refractivity contribution in [3.63, 3.8) is 0 Å². The maximum absolute atomic E-state index is 4.22. The Hall–Kier alpha value is -0.610. The lowest BCUT2D eigenvalue weighted by Gasteiger charge is -2.06. The largest absolute Gasteiger partial charge is 0.314 e. The highest BCUT2D eigenvalue weighted by Crippen LogP contribution is 2.10. The molecule has 0 saturated heterocycles. The lowest BCUT2D eigenvalue weighted by Crippen LogP contribution is -2.24. The predicted octanol–water partition coefficient (Wildman–Crippen LogP) is 1.88. The summed E-state index contributed by atoms with van der Waals surface area (Å²) in [5.41, 5.74) is 1.11. The van der Waals surface area contributed by atoms with E-state index in [-0.39, 0.29) is 0 Å². The van der Waals surface area contributed by atoms with E-state index in [2.05, 4.69) is 29.1 Å². The third-order valence-electron chi connectivity index (χ3n) is 1.64. The van der Waals surface area contributed by atoms with E-state index >= 15 is 0 Å². The highest BCUT2D eigenvalue weighted by molar-refractivity contribution is 7.99. The Labute approximate surface area is 89.7 Å². The zero-order chi connectivity index (χ0) is 10.4. The van der Waals surface area contributed by atoms with Crippen LogP contribution in [0.25, 0.3) is 0 Å². The number of nitrogens with one attached hydrogen (secondary N) is 1. The predicted molar refractivity (Wildman–Crippen MR) is 60.6 cm³/mol. The molecule has 0 aliphatic rings. The number of thioether (sulfide) groups is 1. The van der Waals surface area contributed by atoms with Gasteiger partial charge in [-0.3, -0.25) is 0 Å². The second-order valence-electron chi connectivity index (χ2n) is 3.50. The topological polar surface area (TPSA) is 37.8 Å². The molecule has 0 aromatic carbocycles. The van der Waals surface area contributed by atoms with Crippen molar-refractivity contribution in [1.82, 2.24) is 15.3 Å². The molecule has 0 atom stereocenters. The van der Waals surface area contributed by atoms with Crippen molar-refractivity contribution in [2.45, 2.75) is 32.0 Å². The molecule has 78 valence electrons. The molecule has 0 radical (unpaired) electrons. The lowest BCUT2D eigenvalue weighted by atomic mass is 10.4. The summed E-state index contributed by atoms with van der Waals surface area (Å²) >= 11 is 1.69. The van der Waals surface area contributed by atoms with Crippen LogP contribution in [0.5, 0.6) is 0 Å². The molecule has 0 spiro atoms. The average Bonchev–Trinajstić information content (AvgIpc) is 2.15. The Morgan fingerprint density at radius 1 is 1.36 bits per heavy atom. The minimum absolute atomic E-state index is 0.550. The first kappa shape index (κ1) is 11.5. The lowest BCUT2D eigenvalue weighted by molar-refractivity contribution is 0.616. The normalized spacial score (nSPS) is 10.9. The zero-order valence-corrected chi connectivity index (χ0v) is 9.77. The highest BCUT2D eigenvalue weighted by Gasteiger charge is 1.97. The second kappa shape index (κ2) is 5.98. The SMILES string of the molecule is Cc1cnc(SCCNC(C)C)nc1. The van der Waals surface area contributed by atoms with Gasteiger partial charge in [0.1, 0.15) is 0 Å². The van der Waals surface area contributed by atoms with Gasteiger partial charge in [-0.2, -0.15) is 0 Å². The molecule has 1 N–H and O–H groups in total. The fraction of sp³-hybridized carbons (Fsp3) is 0.600. The summed E-state index contributed by atoms with van der Waals surface area (Å²) in [6.07, 6.45) is 3.70. The van der Waals surface area contributed by atoms with Crippen molar-refractivity contribution < 1.29 is 0 Å². The molecule has 0 aliphatic heterocycles. The Morgan fingerprint density at radius 2 is 2.00 bits per heavy atom. The summed E-state index contributed by atoms with van der Waals surface area (Å²) in [4.78, 5) is 8.44. The molecular formula is C10H17N3S. The van der Waals surface area contributed by atoms with Crippen LogP contribution >= 0.6 is 11.8 Å². The molecule has 0 unspecified atom stereocenters. The van der Waals surface area contributed by atoms with Gasteiger partial charge < -0.3 is 5.32 Å². The fourth-order valence-corrected chi connectivity index (χ4v) is 1.60. The molecule has 0 aliphatic carbocycles. The van der Waals surface area contributed by atoms with Crippen molar-refractivity contribution in [3.8, 4) is 0 Å². The quantitative estimate of drug-likeness (QED) is 0.458. The van der Waals surface area contributed by atoms with Crippen LogP contribution < -0.4 is 5.32 Å². The van der Waals surface area contributed by atoms with Gasteiger partial charge in [-0.1, -0.05) is 25.6 Å². The molecule has 1 heterocycles. The van der Waals surface area contributed by atoms with E-state index in [1.165, 1.54) is 0 Å². The number of aryl methyl sites for hydroxylation is 1. The molecule has 0 saturated carbocycles. The van der Waals surface area contributed by atoms with E-state index in [0.29, 0.717) is 6.04 Å². The molecule has 1 aromatic heterocycles. The van der Waals surface area contributed by atoms with Crippen LogP contribution in [0.3, 0.4) is 0 Å². The van der Waals surface area contributed by atoms with Crippen LogP contribution in [0.15, 0.2) is 17.6 Å². The van der Waals surface area contributed by atoms with Crippen LogP contribution in [0, 0.1) is 6.92 Å². The van der Waals surface area contributed by atoms with Gasteiger partial charge in [0, 0.05) is 30.7 Å². The summed E-state index contributed by atoms with van der Waals surface area (Å²) in [6.45, 7) is 7.29. The average molecular weight is 211 g/mol. The Balaban J connectivity index is 2.21. The van der Waals surface area contributed by atoms with Gasteiger partial charge in [0.15, 0.2) is 5.16 Å². The van der Waals surface area contributed by atoms with E-state index in [9.17, 15) is 0 Å². The molecule has 1 aromatic rings. The van der Waals surface area contributed by atoms with Crippen LogP contribution in [-0.4, -0.2) is 28.3 Å². The Kier molecular flexibility index (Phi) is 4.90. The smallest absolute Gasteiger partial charge is 0.187 e. The van der Waals surface area contributed by atoms with Gasteiger partial charge in [0.2, 0.25) is 0 Å². The first-order chi connectivity index (χ1) is 6.68. The van der Waals surface area contributed by atoms with Crippen LogP contribution in [-0.2, 0) is 0 Å². The third kappa shape index (κ3) is 4.58. The second-order valence-corrected chi connectivity index (χ2v) is 4.56. The van der Waals surface area contributed by atoms with Crippen molar-refractivity contribution in [2.75, 3.05) is 12.3 Å². The summed E-state index contributed by atoms with van der Waals surface area (Å²) < 4.78 is 0. The molecule has 14 heavy (non-hydrogen) atoms. The minimum atomic E-state index is 0.550. The molecule has 0 amide bonds. The van der Waals surface area contributed by atoms with Gasteiger partial charge in [0.05, 0.1) is 0 Å². The Morgan fingerprint density at radius 3 is 2.57 bits per heavy atom. The highest BCUT2D eigenvalue weighted by atomic mass is 32.2. The van der Waals surface area contributed by atoms with Gasteiger partial charge in [-0.05, 0) is 12.5 Å². The van der Waals surface area contributed by atoms with Gasteiger partial charge in [0.25, 0.3) is 0 Å². The first-order valence-electron chi connectivity index (χ1n) is 4.83. The molecule has 4 heteroatoms. The Bertz CT molecular complexity index is 259. The van der Waals surface area contributed by atoms with E-state index in [1.807, 2.05) is 19.3 Å². The third-order valence-corrected chi connectivity index (χ3v) is 2.52. The summed E-state index contributed by atoms with van der Waals surface area (Å²) in [6, 6.07) is 0.550. The van der Waals surface area contributed by atoms with E-state index < -0.39 is 0 Å². The monoisotopic (exact) mass is 211 g/mol. The summed E-state index contributed by atoms with van der Waals surface area (Å²) in [7, 11) is 0. The number of rotatable bonds is 5. The van der Waals surface area contributed by atoms with Crippen molar-refractivity contribution >= 4 is 11.8 Å². The van der Waals surface area contributed by atoms with Crippen molar-refractivity contribution in [3.05, 3.63) is 18.0 Å². The summed E-state index contributed by atoms with van der Waals surface area (Å²) in [5.74, 6) is 1.02. The number of hydrogen-bond donors (Lipinski definition) is 1. The van der Waals surface area contributed by atoms with E-state index in [0.717, 1.165) is 23.0 Å². The van der Waals surface area contributed by atoms with Crippen molar-refractivity contribution in [1.29, 1.82) is 0 Å². The molecule has 0 bridgehead atoms. The van der Waals surface area contributed by atoms with Gasteiger partial charge in [-0.15, -0.1) is 0 Å². The van der Waals surface area contributed by atoms with Crippen LogP contribution in [0.1, 0.15) is 19.4 Å². The molecule has 0 fully saturated rings. The number of nitrogens with zero attached hydrogens (tertiary/aromatic N) is 2. The van der Waals surface area contributed by atoms with Gasteiger partial charge >= 0.3 is 0 Å². The van der Waals surface area contributed by atoms with Gasteiger partial charge in [-0.25, -0.2) is 9.97 Å². The number of hydrogen-bond acceptors (Lipinski definition) is 4. The minimum Gasteiger partial charge on any atom is -0.314 e. The van der Waals surface area contributed by atoms with Crippen LogP contribution in [0.4, 0.5) is 0 Å². The zero-order valence-electron chi connectivity index (χ0n) is 8.95. The van der Waals surface area contributed by atoms with Crippen molar-refractivity contribution in [2.24, 2.45) is 0 Å². The molecule has 3 nitrogen and oxygen atoms in total. The maximum atomic E-state index is 4.22. The fourth-order valence-electron chi connectivity index (χ4n) is 0.945. The van der Waals surface area contributed by atoms with Crippen LogP contribution in [0.2, 0.25) is 0 Å². The maximum Gasteiger partial charge on any atom is 0.187 e. The van der Waals surface area contributed by atoms with E-state index in [4.69, 9.17) is 0 Å². The molecular weight excluding hydrogens is 194 g/mol. The standard InChI is InChI=1S/C10H17N3S/c1-8(2)11-4-5-14-10-12-6-9(3)7-13-10/h6-8,11H,4-5H2,1-3H3. The first-order valence-corrected chi connectivity index (χ1v) is 5.82.